The van der Waals surface area contributed by atoms with Gasteiger partial charge in [0.1, 0.15) is 0 Å². The number of hydrogen-bond acceptors (Lipinski definition) is 3. The smallest absolute Gasteiger partial charge is 0.239 e. The quantitative estimate of drug-likeness (QED) is 0.572. The molecule has 0 atom stereocenters. The molecule has 0 radical (unpaired) electrons. The van der Waals surface area contributed by atoms with E-state index >= 15 is 0 Å². The third-order valence-electron chi connectivity index (χ3n) is 3.80. The first-order chi connectivity index (χ1) is 10.8. The zero-order valence-corrected chi connectivity index (χ0v) is 13.7. The molecule has 2 N–H and O–H groups in total. The monoisotopic (exact) mass is 320 g/mol. The van der Waals surface area contributed by atoms with Crippen LogP contribution in [0.4, 0.5) is 0 Å². The van der Waals surface area contributed by atoms with Crippen LogP contribution >= 0.6 is 11.8 Å². The van der Waals surface area contributed by atoms with Gasteiger partial charge in [0, 0.05) is 17.4 Å². The van der Waals surface area contributed by atoms with Crippen LogP contribution in [-0.2, 0) is 9.59 Å². The highest BCUT2D eigenvalue weighted by molar-refractivity contribution is 7.99. The van der Waals surface area contributed by atoms with Crippen LogP contribution < -0.4 is 10.6 Å². The van der Waals surface area contributed by atoms with Crippen LogP contribution in [0.3, 0.4) is 0 Å². The lowest BCUT2D eigenvalue weighted by atomic mass is 10.1. The minimum Gasteiger partial charge on any atom is -0.355 e. The van der Waals surface area contributed by atoms with Crippen molar-refractivity contribution in [3.8, 4) is 0 Å². The Balaban J connectivity index is 1.49. The summed E-state index contributed by atoms with van der Waals surface area (Å²) < 4.78 is 0. The Morgan fingerprint density at radius 1 is 1.09 bits per heavy atom. The molecule has 22 heavy (non-hydrogen) atoms. The number of benzene rings is 1. The van der Waals surface area contributed by atoms with Gasteiger partial charge in [-0.05, 0) is 37.1 Å². The average Bonchev–Trinajstić information content (AvgIpc) is 3.08. The van der Waals surface area contributed by atoms with E-state index in [1.54, 1.807) is 11.8 Å². The molecular weight excluding hydrogens is 296 g/mol. The van der Waals surface area contributed by atoms with E-state index in [1.165, 1.54) is 4.90 Å². The number of rotatable bonds is 8. The van der Waals surface area contributed by atoms with Gasteiger partial charge in [0.15, 0.2) is 0 Å². The fraction of sp³-hybridized carbons (Fsp3) is 0.529. The summed E-state index contributed by atoms with van der Waals surface area (Å²) in [6.45, 7) is 0.749. The Morgan fingerprint density at radius 2 is 1.82 bits per heavy atom. The van der Waals surface area contributed by atoms with E-state index in [0.717, 1.165) is 37.9 Å². The molecular formula is C17H24N2O2S. The van der Waals surface area contributed by atoms with Gasteiger partial charge in [0.25, 0.3) is 0 Å². The normalized spacial score (nSPS) is 14.7. The van der Waals surface area contributed by atoms with Crippen molar-refractivity contribution in [1.29, 1.82) is 0 Å². The molecule has 0 spiro atoms. The third-order valence-corrected chi connectivity index (χ3v) is 4.90. The number of carbonyl (C=O) groups excluding carboxylic acids is 2. The van der Waals surface area contributed by atoms with E-state index in [0.29, 0.717) is 6.54 Å². The maximum atomic E-state index is 11.8. The average molecular weight is 320 g/mol. The summed E-state index contributed by atoms with van der Waals surface area (Å²) >= 11 is 1.79. The minimum atomic E-state index is -0.101. The van der Waals surface area contributed by atoms with E-state index in [2.05, 4.69) is 22.8 Å². The molecule has 1 saturated carbocycles. The van der Waals surface area contributed by atoms with Gasteiger partial charge in [-0.25, -0.2) is 0 Å². The zero-order valence-electron chi connectivity index (χ0n) is 12.8. The predicted octanol–water partition coefficient (Wildman–Crippen LogP) is 2.59. The van der Waals surface area contributed by atoms with Crippen LogP contribution in [0.5, 0.6) is 0 Å². The van der Waals surface area contributed by atoms with Crippen LogP contribution in [0.1, 0.15) is 32.1 Å². The highest BCUT2D eigenvalue weighted by Gasteiger charge is 2.22. The van der Waals surface area contributed by atoms with Crippen molar-refractivity contribution in [1.82, 2.24) is 10.6 Å². The van der Waals surface area contributed by atoms with E-state index in [-0.39, 0.29) is 24.3 Å². The first-order valence-corrected chi connectivity index (χ1v) is 8.96. The lowest BCUT2D eigenvalue weighted by molar-refractivity contribution is -0.128. The van der Waals surface area contributed by atoms with E-state index in [1.807, 2.05) is 18.2 Å². The van der Waals surface area contributed by atoms with Crippen molar-refractivity contribution in [2.75, 3.05) is 18.8 Å². The van der Waals surface area contributed by atoms with Gasteiger partial charge in [0.2, 0.25) is 11.8 Å². The second kappa shape index (κ2) is 9.51. The zero-order chi connectivity index (χ0) is 15.6. The first-order valence-electron chi connectivity index (χ1n) is 7.98. The molecule has 1 aromatic rings. The van der Waals surface area contributed by atoms with Crippen LogP contribution in [0.15, 0.2) is 35.2 Å². The molecule has 5 heteroatoms. The summed E-state index contributed by atoms with van der Waals surface area (Å²) in [6.07, 6.45) is 5.10. The molecule has 0 unspecified atom stereocenters. The lowest BCUT2D eigenvalue weighted by Gasteiger charge is -2.10. The Bertz CT molecular complexity index is 473. The van der Waals surface area contributed by atoms with E-state index in [4.69, 9.17) is 0 Å². The Kier molecular flexibility index (Phi) is 7.30. The fourth-order valence-electron chi connectivity index (χ4n) is 2.57. The minimum absolute atomic E-state index is 0.0345. The van der Waals surface area contributed by atoms with Gasteiger partial charge >= 0.3 is 0 Å². The molecule has 0 aliphatic heterocycles. The van der Waals surface area contributed by atoms with Crippen molar-refractivity contribution in [2.24, 2.45) is 5.92 Å². The maximum Gasteiger partial charge on any atom is 0.239 e. The molecule has 1 aliphatic rings. The topological polar surface area (TPSA) is 58.2 Å². The SMILES string of the molecule is O=C(CNC(=O)C1CCCC1)NCCCSc1ccccc1. The molecule has 0 saturated heterocycles. The molecule has 1 fully saturated rings. The molecule has 4 nitrogen and oxygen atoms in total. The van der Waals surface area contributed by atoms with Crippen LogP contribution in [-0.4, -0.2) is 30.7 Å². The van der Waals surface area contributed by atoms with Crippen molar-refractivity contribution in [2.45, 2.75) is 37.0 Å². The number of thioether (sulfide) groups is 1. The van der Waals surface area contributed by atoms with Gasteiger partial charge < -0.3 is 10.6 Å². The molecule has 0 heterocycles. The van der Waals surface area contributed by atoms with Crippen molar-refractivity contribution >= 4 is 23.6 Å². The molecule has 120 valence electrons. The first kappa shape index (κ1) is 16.9. The molecule has 1 aromatic carbocycles. The van der Waals surface area contributed by atoms with E-state index in [9.17, 15) is 9.59 Å². The summed E-state index contributed by atoms with van der Waals surface area (Å²) in [5, 5.41) is 5.58. The maximum absolute atomic E-state index is 11.8. The van der Waals surface area contributed by atoms with Crippen LogP contribution in [0, 0.1) is 5.92 Å². The number of amides is 2. The highest BCUT2D eigenvalue weighted by Crippen LogP contribution is 2.24. The number of carbonyl (C=O) groups is 2. The summed E-state index contributed by atoms with van der Waals surface area (Å²) in [7, 11) is 0. The molecule has 0 aromatic heterocycles. The standard InChI is InChI=1S/C17H24N2O2S/c20-16(13-19-17(21)14-7-4-5-8-14)18-11-6-12-22-15-9-2-1-3-10-15/h1-3,9-10,14H,4-8,11-13H2,(H,18,20)(H,19,21). The van der Waals surface area contributed by atoms with Crippen molar-refractivity contribution in [3.63, 3.8) is 0 Å². The predicted molar refractivity (Wildman–Crippen MR) is 89.8 cm³/mol. The van der Waals surface area contributed by atoms with Gasteiger partial charge in [-0.2, -0.15) is 0 Å². The third kappa shape index (κ3) is 6.10. The second-order valence-corrected chi connectivity index (χ2v) is 6.73. The van der Waals surface area contributed by atoms with Crippen LogP contribution in [0.25, 0.3) is 0 Å². The van der Waals surface area contributed by atoms with Crippen LogP contribution in [0.2, 0.25) is 0 Å². The Labute approximate surface area is 136 Å². The number of hydrogen-bond donors (Lipinski definition) is 2. The lowest BCUT2D eigenvalue weighted by Crippen LogP contribution is -2.39. The van der Waals surface area contributed by atoms with Crippen molar-refractivity contribution < 1.29 is 9.59 Å². The fourth-order valence-corrected chi connectivity index (χ4v) is 3.44. The summed E-state index contributed by atoms with van der Waals surface area (Å²) in [6, 6.07) is 10.2. The second-order valence-electron chi connectivity index (χ2n) is 5.56. The Morgan fingerprint density at radius 3 is 2.55 bits per heavy atom. The Hall–Kier alpha value is -1.49. The largest absolute Gasteiger partial charge is 0.355 e. The van der Waals surface area contributed by atoms with Gasteiger partial charge in [0.05, 0.1) is 6.54 Å². The molecule has 2 rings (SSSR count). The number of nitrogens with one attached hydrogen (secondary N) is 2. The molecule has 0 bridgehead atoms. The molecule has 2 amide bonds. The summed E-state index contributed by atoms with van der Waals surface area (Å²) in [5.74, 6) is 1.03. The summed E-state index contributed by atoms with van der Waals surface area (Å²) in [5.41, 5.74) is 0. The molecule has 1 aliphatic carbocycles. The summed E-state index contributed by atoms with van der Waals surface area (Å²) in [4.78, 5) is 24.7. The van der Waals surface area contributed by atoms with E-state index < -0.39 is 0 Å². The van der Waals surface area contributed by atoms with Crippen molar-refractivity contribution in [3.05, 3.63) is 30.3 Å². The van der Waals surface area contributed by atoms with Gasteiger partial charge in [-0.3, -0.25) is 9.59 Å². The highest BCUT2D eigenvalue weighted by atomic mass is 32.2. The van der Waals surface area contributed by atoms with Gasteiger partial charge in [-0.1, -0.05) is 31.0 Å². The van der Waals surface area contributed by atoms with Gasteiger partial charge in [-0.15, -0.1) is 11.8 Å².